The molecule has 2 rings (SSSR count). The monoisotopic (exact) mass is 265 g/mol. The molecule has 0 saturated heterocycles. The van der Waals surface area contributed by atoms with Crippen LogP contribution in [0.5, 0.6) is 5.75 Å². The maximum atomic E-state index is 9.49. The molecule has 0 aromatic heterocycles. The van der Waals surface area contributed by atoms with Crippen LogP contribution in [0.2, 0.25) is 0 Å². The van der Waals surface area contributed by atoms with Crippen molar-refractivity contribution in [3.8, 4) is 5.75 Å². The first-order valence-corrected chi connectivity index (χ1v) is 6.92. The predicted molar refractivity (Wildman–Crippen MR) is 74.7 cm³/mol. The molecule has 1 aromatic rings. The van der Waals surface area contributed by atoms with Gasteiger partial charge in [0.15, 0.2) is 0 Å². The average molecular weight is 265 g/mol. The number of hydrogen-bond donors (Lipinski definition) is 2. The number of rotatable bonds is 8. The van der Waals surface area contributed by atoms with Crippen LogP contribution < -0.4 is 10.1 Å². The number of fused-ring (bicyclic) bond motifs is 1. The largest absolute Gasteiger partial charge is 0.493 e. The topological polar surface area (TPSA) is 50.7 Å². The molecule has 106 valence electrons. The van der Waals surface area contributed by atoms with Gasteiger partial charge in [0, 0.05) is 13.5 Å². The second-order valence-electron chi connectivity index (χ2n) is 4.94. The van der Waals surface area contributed by atoms with E-state index in [0.717, 1.165) is 44.7 Å². The fraction of sp³-hybridized carbons (Fsp3) is 0.600. The van der Waals surface area contributed by atoms with E-state index in [1.807, 2.05) is 0 Å². The van der Waals surface area contributed by atoms with E-state index in [1.54, 1.807) is 7.11 Å². The summed E-state index contributed by atoms with van der Waals surface area (Å²) in [4.78, 5) is 0. The predicted octanol–water partition coefficient (Wildman–Crippen LogP) is 1.15. The van der Waals surface area contributed by atoms with Crippen LogP contribution in [0.1, 0.15) is 17.5 Å². The van der Waals surface area contributed by atoms with Crippen LogP contribution in [0.15, 0.2) is 18.2 Å². The smallest absolute Gasteiger partial charge is 0.122 e. The maximum absolute atomic E-state index is 9.49. The lowest BCUT2D eigenvalue weighted by Crippen LogP contribution is -2.24. The molecule has 1 aromatic carbocycles. The van der Waals surface area contributed by atoms with Crippen LogP contribution in [0, 0.1) is 0 Å². The van der Waals surface area contributed by atoms with Gasteiger partial charge < -0.3 is 19.9 Å². The number of methoxy groups -OCH3 is 1. The molecule has 0 saturated carbocycles. The molecule has 2 N–H and O–H groups in total. The molecule has 19 heavy (non-hydrogen) atoms. The molecule has 0 bridgehead atoms. The van der Waals surface area contributed by atoms with Gasteiger partial charge in [-0.1, -0.05) is 12.1 Å². The van der Waals surface area contributed by atoms with Crippen molar-refractivity contribution in [3.05, 3.63) is 29.3 Å². The number of nitrogens with one attached hydrogen (secondary N) is 1. The Hall–Kier alpha value is -1.10. The van der Waals surface area contributed by atoms with Gasteiger partial charge in [-0.2, -0.15) is 0 Å². The zero-order chi connectivity index (χ0) is 13.5. The first-order chi connectivity index (χ1) is 9.29. The number of aliphatic hydroxyl groups is 1. The van der Waals surface area contributed by atoms with Crippen molar-refractivity contribution in [1.29, 1.82) is 0 Å². The zero-order valence-corrected chi connectivity index (χ0v) is 11.5. The van der Waals surface area contributed by atoms with Crippen LogP contribution in [0.3, 0.4) is 0 Å². The molecule has 4 heteroatoms. The standard InChI is InChI=1S/C15H23NO3/c1-18-11-14(17)5-8-16-7-4-12-2-3-15-13(10-12)6-9-19-15/h2-3,10,14,16-17H,4-9,11H2,1H3. The van der Waals surface area contributed by atoms with Gasteiger partial charge in [-0.05, 0) is 43.1 Å². The van der Waals surface area contributed by atoms with Crippen molar-refractivity contribution >= 4 is 0 Å². The van der Waals surface area contributed by atoms with Gasteiger partial charge in [0.25, 0.3) is 0 Å². The lowest BCUT2D eigenvalue weighted by Gasteiger charge is -2.10. The Labute approximate surface area is 114 Å². The van der Waals surface area contributed by atoms with E-state index in [1.165, 1.54) is 11.1 Å². The minimum absolute atomic E-state index is 0.366. The molecule has 0 fully saturated rings. The minimum Gasteiger partial charge on any atom is -0.493 e. The molecule has 1 heterocycles. The Morgan fingerprint density at radius 2 is 2.32 bits per heavy atom. The SMILES string of the molecule is COCC(O)CCNCCc1ccc2c(c1)CCO2. The first kappa shape index (κ1) is 14.3. The highest BCUT2D eigenvalue weighted by Crippen LogP contribution is 2.25. The summed E-state index contributed by atoms with van der Waals surface area (Å²) in [6.45, 7) is 2.97. The molecule has 1 unspecified atom stereocenters. The third-order valence-electron chi connectivity index (χ3n) is 3.36. The summed E-state index contributed by atoms with van der Waals surface area (Å²) in [6.07, 6.45) is 2.40. The molecule has 1 atom stereocenters. The summed E-state index contributed by atoms with van der Waals surface area (Å²) in [5.74, 6) is 1.04. The molecular weight excluding hydrogens is 242 g/mol. The second-order valence-corrected chi connectivity index (χ2v) is 4.94. The number of aliphatic hydroxyl groups excluding tert-OH is 1. The van der Waals surface area contributed by atoms with Gasteiger partial charge in [-0.15, -0.1) is 0 Å². The highest BCUT2D eigenvalue weighted by Gasteiger charge is 2.11. The fourth-order valence-electron chi connectivity index (χ4n) is 2.30. The first-order valence-electron chi connectivity index (χ1n) is 6.92. The van der Waals surface area contributed by atoms with Gasteiger partial charge in [0.05, 0.1) is 19.3 Å². The molecule has 0 aliphatic carbocycles. The normalized spacial score (nSPS) is 15.1. The fourth-order valence-corrected chi connectivity index (χ4v) is 2.30. The van der Waals surface area contributed by atoms with Crippen molar-refractivity contribution in [2.24, 2.45) is 0 Å². The van der Waals surface area contributed by atoms with Crippen LogP contribution >= 0.6 is 0 Å². The summed E-state index contributed by atoms with van der Waals surface area (Å²) in [5.41, 5.74) is 2.67. The van der Waals surface area contributed by atoms with E-state index in [0.29, 0.717) is 6.61 Å². The lowest BCUT2D eigenvalue weighted by molar-refractivity contribution is 0.0595. The number of ether oxygens (including phenoxy) is 2. The third-order valence-corrected chi connectivity index (χ3v) is 3.36. The highest BCUT2D eigenvalue weighted by molar-refractivity contribution is 5.39. The summed E-state index contributed by atoms with van der Waals surface area (Å²) < 4.78 is 10.4. The molecular formula is C15H23NO3. The van der Waals surface area contributed by atoms with Crippen LogP contribution in [-0.4, -0.2) is 44.6 Å². The highest BCUT2D eigenvalue weighted by atomic mass is 16.5. The van der Waals surface area contributed by atoms with Gasteiger partial charge in [-0.25, -0.2) is 0 Å². The Bertz CT molecular complexity index is 395. The van der Waals surface area contributed by atoms with E-state index >= 15 is 0 Å². The summed E-state index contributed by atoms with van der Waals surface area (Å²) >= 11 is 0. The lowest BCUT2D eigenvalue weighted by atomic mass is 10.1. The molecule has 1 aliphatic heterocycles. The molecule has 4 nitrogen and oxygen atoms in total. The summed E-state index contributed by atoms with van der Waals surface area (Å²) in [6, 6.07) is 6.44. The number of hydrogen-bond acceptors (Lipinski definition) is 4. The van der Waals surface area contributed by atoms with Crippen molar-refractivity contribution < 1.29 is 14.6 Å². The maximum Gasteiger partial charge on any atom is 0.122 e. The average Bonchev–Trinajstić information content (AvgIpc) is 2.86. The minimum atomic E-state index is -0.366. The van der Waals surface area contributed by atoms with Gasteiger partial charge in [-0.3, -0.25) is 0 Å². The van der Waals surface area contributed by atoms with Gasteiger partial charge in [0.1, 0.15) is 5.75 Å². The molecule has 0 spiro atoms. The van der Waals surface area contributed by atoms with E-state index < -0.39 is 0 Å². The number of benzene rings is 1. The van der Waals surface area contributed by atoms with Crippen molar-refractivity contribution in [3.63, 3.8) is 0 Å². The van der Waals surface area contributed by atoms with Crippen molar-refractivity contribution in [1.82, 2.24) is 5.32 Å². The van der Waals surface area contributed by atoms with Crippen LogP contribution in [-0.2, 0) is 17.6 Å². The van der Waals surface area contributed by atoms with E-state index in [2.05, 4.69) is 23.5 Å². The summed E-state index contributed by atoms with van der Waals surface area (Å²) in [7, 11) is 1.61. The van der Waals surface area contributed by atoms with E-state index in [4.69, 9.17) is 9.47 Å². The van der Waals surface area contributed by atoms with E-state index in [9.17, 15) is 5.11 Å². The second kappa shape index (κ2) is 7.48. The molecule has 1 aliphatic rings. The Balaban J connectivity index is 1.63. The van der Waals surface area contributed by atoms with Crippen LogP contribution in [0.25, 0.3) is 0 Å². The molecule has 0 amide bonds. The Morgan fingerprint density at radius 1 is 1.42 bits per heavy atom. The summed E-state index contributed by atoms with van der Waals surface area (Å²) in [5, 5.41) is 12.8. The van der Waals surface area contributed by atoms with Crippen molar-refractivity contribution in [2.45, 2.75) is 25.4 Å². The third kappa shape index (κ3) is 4.49. The van der Waals surface area contributed by atoms with Crippen LogP contribution in [0.4, 0.5) is 0 Å². The Kier molecular flexibility index (Phi) is 5.63. The van der Waals surface area contributed by atoms with E-state index in [-0.39, 0.29) is 6.10 Å². The van der Waals surface area contributed by atoms with Gasteiger partial charge in [0.2, 0.25) is 0 Å². The quantitative estimate of drug-likeness (QED) is 0.692. The molecule has 0 radical (unpaired) electrons. The zero-order valence-electron chi connectivity index (χ0n) is 11.5. The Morgan fingerprint density at radius 3 is 3.16 bits per heavy atom. The van der Waals surface area contributed by atoms with Gasteiger partial charge >= 0.3 is 0 Å². The van der Waals surface area contributed by atoms with Crippen molar-refractivity contribution in [2.75, 3.05) is 33.4 Å².